The van der Waals surface area contributed by atoms with Crippen molar-refractivity contribution in [2.45, 2.75) is 37.5 Å². The number of rotatable bonds is 8. The van der Waals surface area contributed by atoms with E-state index in [1.807, 2.05) is 0 Å². The van der Waals surface area contributed by atoms with E-state index in [-0.39, 0.29) is 5.41 Å². The van der Waals surface area contributed by atoms with Gasteiger partial charge in [0.15, 0.2) is 0 Å². The third kappa shape index (κ3) is 5.73. The maximum absolute atomic E-state index is 2.44. The van der Waals surface area contributed by atoms with Gasteiger partial charge in [-0.1, -0.05) is 153 Å². The summed E-state index contributed by atoms with van der Waals surface area (Å²) in [5.74, 6) is 0. The average Bonchev–Trinajstić information content (AvgIpc) is 3.11. The predicted molar refractivity (Wildman–Crippen MR) is 190 cm³/mol. The standard InChI is InChI=1S/C42H38NP/c1-6-16-36(17-7-1)43(37-18-8-2-9-19-37)38-28-24-34(25-29-38)42(32-14-5-15-33-42)35-26-30-41(31-27-35)44(39-20-10-3-11-21-39)40-22-12-4-13-23-40/h1-4,6-13,16-31H,5,14-15,32-33H2. The summed E-state index contributed by atoms with van der Waals surface area (Å²) in [6.45, 7) is 0. The first-order chi connectivity index (χ1) is 21.8. The molecule has 0 amide bonds. The van der Waals surface area contributed by atoms with Gasteiger partial charge in [-0.3, -0.25) is 0 Å². The lowest BCUT2D eigenvalue weighted by molar-refractivity contribution is 0.346. The van der Waals surface area contributed by atoms with Crippen molar-refractivity contribution >= 4 is 40.9 Å². The lowest BCUT2D eigenvalue weighted by Crippen LogP contribution is -2.31. The van der Waals surface area contributed by atoms with Gasteiger partial charge >= 0.3 is 0 Å². The highest BCUT2D eigenvalue weighted by molar-refractivity contribution is 7.79. The molecule has 0 aromatic heterocycles. The normalized spacial score (nSPS) is 14.3. The highest BCUT2D eigenvalue weighted by Gasteiger charge is 2.36. The van der Waals surface area contributed by atoms with E-state index >= 15 is 0 Å². The largest absolute Gasteiger partial charge is 0.311 e. The van der Waals surface area contributed by atoms with Crippen LogP contribution in [0.3, 0.4) is 0 Å². The molecule has 1 aliphatic carbocycles. The monoisotopic (exact) mass is 587 g/mol. The Kier molecular flexibility index (Phi) is 8.40. The molecule has 6 aromatic carbocycles. The fraction of sp³-hybridized carbons (Fsp3) is 0.143. The van der Waals surface area contributed by atoms with Gasteiger partial charge in [0.05, 0.1) is 0 Å². The summed E-state index contributed by atoms with van der Waals surface area (Å²) in [5, 5.41) is 4.19. The average molecular weight is 588 g/mol. The van der Waals surface area contributed by atoms with E-state index in [1.54, 1.807) is 0 Å². The molecule has 0 bridgehead atoms. The van der Waals surface area contributed by atoms with E-state index in [9.17, 15) is 0 Å². The molecule has 2 heteroatoms. The Bertz CT molecular complexity index is 1540. The molecule has 0 unspecified atom stereocenters. The van der Waals surface area contributed by atoms with Gasteiger partial charge in [-0.2, -0.15) is 0 Å². The van der Waals surface area contributed by atoms with E-state index < -0.39 is 7.92 Å². The van der Waals surface area contributed by atoms with Crippen molar-refractivity contribution in [1.29, 1.82) is 0 Å². The summed E-state index contributed by atoms with van der Waals surface area (Å²) in [4.78, 5) is 2.35. The minimum Gasteiger partial charge on any atom is -0.311 e. The van der Waals surface area contributed by atoms with Crippen LogP contribution in [-0.2, 0) is 5.41 Å². The third-order valence-corrected chi connectivity index (χ3v) is 11.6. The molecule has 0 atom stereocenters. The Labute approximate surface area is 263 Å². The van der Waals surface area contributed by atoms with Crippen LogP contribution in [-0.4, -0.2) is 0 Å². The lowest BCUT2D eigenvalue weighted by atomic mass is 9.65. The van der Waals surface area contributed by atoms with E-state index in [0.717, 1.165) is 0 Å². The third-order valence-electron chi connectivity index (χ3n) is 9.12. The summed E-state index contributed by atoms with van der Waals surface area (Å²) in [6.07, 6.45) is 6.24. The van der Waals surface area contributed by atoms with Crippen molar-refractivity contribution in [3.05, 3.63) is 181 Å². The van der Waals surface area contributed by atoms with Crippen LogP contribution in [0.2, 0.25) is 0 Å². The zero-order valence-corrected chi connectivity index (χ0v) is 26.0. The van der Waals surface area contributed by atoms with Gasteiger partial charge in [0.25, 0.3) is 0 Å². The second-order valence-corrected chi connectivity index (χ2v) is 14.0. The molecule has 0 N–H and O–H groups in total. The van der Waals surface area contributed by atoms with E-state index in [4.69, 9.17) is 0 Å². The molecule has 6 aromatic rings. The van der Waals surface area contributed by atoms with Crippen LogP contribution in [0.25, 0.3) is 0 Å². The second kappa shape index (κ2) is 13.0. The first-order valence-electron chi connectivity index (χ1n) is 15.8. The lowest BCUT2D eigenvalue weighted by Gasteiger charge is -2.39. The maximum Gasteiger partial charge on any atom is 0.0461 e. The summed E-state index contributed by atoms with van der Waals surface area (Å²) in [5.41, 5.74) is 6.45. The Morgan fingerprint density at radius 2 is 0.727 bits per heavy atom. The fourth-order valence-corrected chi connectivity index (χ4v) is 9.24. The molecule has 216 valence electrons. The Balaban J connectivity index is 1.25. The highest BCUT2D eigenvalue weighted by Crippen LogP contribution is 2.46. The first-order valence-corrected chi connectivity index (χ1v) is 17.2. The van der Waals surface area contributed by atoms with Crippen molar-refractivity contribution in [3.63, 3.8) is 0 Å². The molecule has 7 rings (SSSR count). The molecule has 1 saturated carbocycles. The number of para-hydroxylation sites is 2. The minimum absolute atomic E-state index is 0.0435. The zero-order valence-electron chi connectivity index (χ0n) is 25.1. The molecule has 0 saturated heterocycles. The summed E-state index contributed by atoms with van der Waals surface area (Å²) in [6, 6.07) is 62.5. The Morgan fingerprint density at radius 1 is 0.364 bits per heavy atom. The molecule has 0 radical (unpaired) electrons. The Hall–Kier alpha value is -4.45. The number of benzene rings is 6. The topological polar surface area (TPSA) is 3.24 Å². The second-order valence-electron chi connectivity index (χ2n) is 11.7. The maximum atomic E-state index is 2.44. The van der Waals surface area contributed by atoms with Crippen LogP contribution < -0.4 is 20.8 Å². The number of hydrogen-bond acceptors (Lipinski definition) is 1. The zero-order chi connectivity index (χ0) is 29.6. The van der Waals surface area contributed by atoms with Crippen LogP contribution >= 0.6 is 7.92 Å². The summed E-state index contributed by atoms with van der Waals surface area (Å²) < 4.78 is 0. The van der Waals surface area contributed by atoms with Crippen LogP contribution in [0.1, 0.15) is 43.2 Å². The van der Waals surface area contributed by atoms with Crippen LogP contribution in [0.15, 0.2) is 170 Å². The predicted octanol–water partition coefficient (Wildman–Crippen LogP) is 10.2. The minimum atomic E-state index is -0.608. The molecule has 0 aliphatic heterocycles. The fourth-order valence-electron chi connectivity index (χ4n) is 6.96. The van der Waals surface area contributed by atoms with E-state index in [1.165, 1.54) is 76.2 Å². The SMILES string of the molecule is c1ccc(N(c2ccccc2)c2ccc(C3(c4ccc(P(c5ccccc5)c5ccccc5)cc4)CCCCC3)cc2)cc1. The van der Waals surface area contributed by atoms with E-state index in [0.29, 0.717) is 0 Å². The van der Waals surface area contributed by atoms with Crippen LogP contribution in [0.4, 0.5) is 17.1 Å². The van der Waals surface area contributed by atoms with Crippen LogP contribution in [0, 0.1) is 0 Å². The van der Waals surface area contributed by atoms with Crippen molar-refractivity contribution in [1.82, 2.24) is 0 Å². The van der Waals surface area contributed by atoms with E-state index in [2.05, 4.69) is 175 Å². The molecule has 44 heavy (non-hydrogen) atoms. The number of hydrogen-bond donors (Lipinski definition) is 0. The molecule has 0 spiro atoms. The van der Waals surface area contributed by atoms with Gasteiger partial charge in [0.1, 0.15) is 0 Å². The molecular weight excluding hydrogens is 549 g/mol. The van der Waals surface area contributed by atoms with Gasteiger partial charge in [-0.15, -0.1) is 0 Å². The quantitative estimate of drug-likeness (QED) is 0.160. The van der Waals surface area contributed by atoms with Crippen molar-refractivity contribution < 1.29 is 0 Å². The van der Waals surface area contributed by atoms with Gasteiger partial charge in [-0.25, -0.2) is 0 Å². The van der Waals surface area contributed by atoms with Gasteiger partial charge in [0, 0.05) is 22.5 Å². The molecule has 1 aliphatic rings. The van der Waals surface area contributed by atoms with Crippen LogP contribution in [0.5, 0.6) is 0 Å². The smallest absolute Gasteiger partial charge is 0.0461 e. The van der Waals surface area contributed by atoms with Crippen molar-refractivity contribution in [2.75, 3.05) is 4.90 Å². The molecule has 1 fully saturated rings. The van der Waals surface area contributed by atoms with Gasteiger partial charge in [0.2, 0.25) is 0 Å². The molecular formula is C42H38NP. The van der Waals surface area contributed by atoms with Gasteiger partial charge < -0.3 is 4.90 Å². The van der Waals surface area contributed by atoms with Crippen molar-refractivity contribution in [3.8, 4) is 0 Å². The first kappa shape index (κ1) is 28.3. The van der Waals surface area contributed by atoms with Gasteiger partial charge in [-0.05, 0) is 84.2 Å². The van der Waals surface area contributed by atoms with Crippen molar-refractivity contribution in [2.24, 2.45) is 0 Å². The number of nitrogens with zero attached hydrogens (tertiary/aromatic N) is 1. The summed E-state index contributed by atoms with van der Waals surface area (Å²) in [7, 11) is -0.608. The summed E-state index contributed by atoms with van der Waals surface area (Å²) >= 11 is 0. The molecule has 0 heterocycles. The number of anilines is 3. The Morgan fingerprint density at radius 3 is 1.18 bits per heavy atom. The molecule has 1 nitrogen and oxygen atoms in total. The highest BCUT2D eigenvalue weighted by atomic mass is 31.1.